The first-order chi connectivity index (χ1) is 23.5. The number of carbonyl (C=O) groups excluding carboxylic acids is 4. The van der Waals surface area contributed by atoms with Crippen LogP contribution in [0.4, 0.5) is 5.69 Å². The zero-order valence-corrected chi connectivity index (χ0v) is 28.3. The number of amides is 4. The summed E-state index contributed by atoms with van der Waals surface area (Å²) in [5, 5.41) is 5.33. The predicted molar refractivity (Wildman–Crippen MR) is 176 cm³/mol. The maximum atomic E-state index is 13.1. The molecule has 1 aromatic rings. The van der Waals surface area contributed by atoms with Gasteiger partial charge in [0.05, 0.1) is 97.0 Å². The summed E-state index contributed by atoms with van der Waals surface area (Å²) in [5.74, 6) is -2.14. The van der Waals surface area contributed by atoms with Crippen LogP contribution >= 0.6 is 0 Å². The molecule has 0 aliphatic carbocycles. The van der Waals surface area contributed by atoms with Crippen LogP contribution in [0.2, 0.25) is 0 Å². The van der Waals surface area contributed by atoms with Crippen molar-refractivity contribution in [2.24, 2.45) is 0 Å². The Morgan fingerprint density at radius 3 is 1.73 bits per heavy atom. The fourth-order valence-electron chi connectivity index (χ4n) is 5.15. The van der Waals surface area contributed by atoms with Gasteiger partial charge in [-0.1, -0.05) is 38.7 Å². The number of nitrogens with one attached hydrogen (secondary N) is 2. The van der Waals surface area contributed by atoms with Crippen molar-refractivity contribution in [3.05, 3.63) is 29.3 Å². The Labute approximate surface area is 283 Å². The highest BCUT2D eigenvalue weighted by atomic mass is 16.6. The summed E-state index contributed by atoms with van der Waals surface area (Å²) in [6.45, 7) is 9.67. The number of benzene rings is 1. The van der Waals surface area contributed by atoms with Crippen molar-refractivity contribution in [3.63, 3.8) is 0 Å². The Kier molecular flexibility index (Phi) is 19.9. The maximum Gasteiger partial charge on any atom is 0.264 e. The number of unbranched alkanes of at least 4 members (excludes halogenated alkanes) is 4. The Morgan fingerprint density at radius 1 is 0.667 bits per heavy atom. The molecule has 0 radical (unpaired) electrons. The second-order valence-electron chi connectivity index (χ2n) is 11.3. The van der Waals surface area contributed by atoms with Gasteiger partial charge in [0.25, 0.3) is 11.8 Å². The van der Waals surface area contributed by atoms with E-state index in [2.05, 4.69) is 17.6 Å². The molecule has 0 saturated carbocycles. The van der Waals surface area contributed by atoms with Crippen molar-refractivity contribution >= 4 is 29.3 Å². The minimum absolute atomic E-state index is 0.0718. The van der Waals surface area contributed by atoms with Gasteiger partial charge in [0.2, 0.25) is 11.8 Å². The maximum absolute atomic E-state index is 13.1. The van der Waals surface area contributed by atoms with E-state index < -0.39 is 29.7 Å². The van der Waals surface area contributed by atoms with Crippen LogP contribution in [0.3, 0.4) is 0 Å². The molecule has 2 aliphatic rings. The largest absolute Gasteiger partial charge is 0.382 e. The Morgan fingerprint density at radius 2 is 1.19 bits per heavy atom. The van der Waals surface area contributed by atoms with E-state index >= 15 is 0 Å². The van der Waals surface area contributed by atoms with Crippen molar-refractivity contribution in [3.8, 4) is 0 Å². The van der Waals surface area contributed by atoms with Crippen LogP contribution in [0.5, 0.6) is 0 Å². The number of imide groups is 2. The van der Waals surface area contributed by atoms with Gasteiger partial charge in [-0.15, -0.1) is 0 Å². The van der Waals surface area contributed by atoms with Crippen molar-refractivity contribution in [1.82, 2.24) is 10.2 Å². The first-order valence-corrected chi connectivity index (χ1v) is 17.2. The zero-order valence-electron chi connectivity index (χ0n) is 28.3. The molecule has 4 amide bonds. The average Bonchev–Trinajstić information content (AvgIpc) is 3.33. The van der Waals surface area contributed by atoms with Crippen LogP contribution in [-0.4, -0.2) is 134 Å². The van der Waals surface area contributed by atoms with Gasteiger partial charge in [-0.25, -0.2) is 0 Å². The standard InChI is InChI=1S/C34H53N3O11/c1-2-3-4-5-6-13-42-15-17-44-19-21-46-23-25-48-26-24-47-22-20-45-18-16-43-14-12-35-28-9-7-8-27-31(28)34(41)37(33(27)40)29-10-11-30(38)36-32(29)39/h7-9,29,35H,2-6,10-26H2,1H3,(H,36,38,39). The van der Waals surface area contributed by atoms with Gasteiger partial charge in [0, 0.05) is 25.3 Å². The minimum Gasteiger partial charge on any atom is -0.382 e. The van der Waals surface area contributed by atoms with E-state index in [4.69, 9.17) is 33.2 Å². The summed E-state index contributed by atoms with van der Waals surface area (Å²) in [4.78, 5) is 50.8. The lowest BCUT2D eigenvalue weighted by Crippen LogP contribution is -2.54. The van der Waals surface area contributed by atoms with Crippen molar-refractivity contribution < 1.29 is 52.3 Å². The van der Waals surface area contributed by atoms with Crippen LogP contribution in [0.1, 0.15) is 72.6 Å². The number of rotatable bonds is 29. The Balaban J connectivity index is 1.08. The molecule has 3 rings (SSSR count). The first-order valence-electron chi connectivity index (χ1n) is 17.2. The normalized spacial score (nSPS) is 16.1. The molecule has 1 fully saturated rings. The van der Waals surface area contributed by atoms with Gasteiger partial charge in [0.1, 0.15) is 6.04 Å². The van der Waals surface area contributed by atoms with E-state index in [1.54, 1.807) is 18.2 Å². The van der Waals surface area contributed by atoms with Gasteiger partial charge in [-0.05, 0) is 25.0 Å². The molecule has 2 aliphatic heterocycles. The molecule has 1 atom stereocenters. The first kappa shape index (κ1) is 39.5. The summed E-state index contributed by atoms with van der Waals surface area (Å²) in [6, 6.07) is 3.93. The highest BCUT2D eigenvalue weighted by Gasteiger charge is 2.45. The van der Waals surface area contributed by atoms with Crippen LogP contribution < -0.4 is 10.6 Å². The lowest BCUT2D eigenvalue weighted by Gasteiger charge is -2.27. The number of piperidine rings is 1. The van der Waals surface area contributed by atoms with Gasteiger partial charge < -0.3 is 38.5 Å². The Hall–Kier alpha value is -2.98. The van der Waals surface area contributed by atoms with E-state index in [-0.39, 0.29) is 24.0 Å². The number of ether oxygens (including phenoxy) is 7. The van der Waals surface area contributed by atoms with Crippen LogP contribution in [-0.2, 0) is 42.7 Å². The Bertz CT molecular complexity index is 1120. The molecule has 48 heavy (non-hydrogen) atoms. The quantitative estimate of drug-likeness (QED) is 0.0943. The van der Waals surface area contributed by atoms with Crippen LogP contribution in [0, 0.1) is 0 Å². The van der Waals surface area contributed by atoms with E-state index in [1.807, 2.05) is 0 Å². The summed E-state index contributed by atoms with van der Waals surface area (Å²) < 4.78 is 38.6. The number of carbonyl (C=O) groups is 4. The molecular weight excluding hydrogens is 626 g/mol. The number of hydrogen-bond acceptors (Lipinski definition) is 12. The molecule has 14 heteroatoms. The molecular formula is C34H53N3O11. The molecule has 270 valence electrons. The number of fused-ring (bicyclic) bond motifs is 1. The lowest BCUT2D eigenvalue weighted by atomic mass is 10.0. The highest BCUT2D eigenvalue weighted by molar-refractivity contribution is 6.25. The minimum atomic E-state index is -1.00. The second kappa shape index (κ2) is 24.2. The van der Waals surface area contributed by atoms with E-state index in [0.717, 1.165) is 17.9 Å². The third-order valence-corrected chi connectivity index (χ3v) is 7.65. The molecule has 1 unspecified atom stereocenters. The molecule has 2 heterocycles. The topological polar surface area (TPSA) is 160 Å². The smallest absolute Gasteiger partial charge is 0.264 e. The average molecular weight is 680 g/mol. The molecule has 14 nitrogen and oxygen atoms in total. The highest BCUT2D eigenvalue weighted by Crippen LogP contribution is 2.32. The van der Waals surface area contributed by atoms with Gasteiger partial charge >= 0.3 is 0 Å². The van der Waals surface area contributed by atoms with Crippen molar-refractivity contribution in [2.45, 2.75) is 57.9 Å². The van der Waals surface area contributed by atoms with Crippen molar-refractivity contribution in [1.29, 1.82) is 0 Å². The number of nitrogens with zero attached hydrogens (tertiary/aromatic N) is 1. The van der Waals surface area contributed by atoms with Crippen molar-refractivity contribution in [2.75, 3.05) is 104 Å². The molecule has 2 N–H and O–H groups in total. The molecule has 0 spiro atoms. The van der Waals surface area contributed by atoms with Crippen LogP contribution in [0.15, 0.2) is 18.2 Å². The number of anilines is 1. The summed E-state index contributed by atoms with van der Waals surface area (Å²) in [6.07, 6.45) is 6.38. The SMILES string of the molecule is CCCCCCCOCCOCCOCCOCCOCCOCCOCCNc1cccc2c1C(=O)N(C1CCC(=O)NC1=O)C2=O. The molecule has 1 aromatic carbocycles. The van der Waals surface area contributed by atoms with E-state index in [9.17, 15) is 19.2 Å². The fourth-order valence-corrected chi connectivity index (χ4v) is 5.15. The molecule has 1 saturated heterocycles. The van der Waals surface area contributed by atoms with Gasteiger partial charge in [0.15, 0.2) is 0 Å². The molecule has 0 bridgehead atoms. The summed E-state index contributed by atoms with van der Waals surface area (Å²) >= 11 is 0. The molecule has 0 aromatic heterocycles. The van der Waals surface area contributed by atoms with Crippen LogP contribution in [0.25, 0.3) is 0 Å². The third-order valence-electron chi connectivity index (χ3n) is 7.65. The third kappa shape index (κ3) is 14.2. The number of hydrogen-bond donors (Lipinski definition) is 2. The predicted octanol–water partition coefficient (Wildman–Crippen LogP) is 2.59. The lowest BCUT2D eigenvalue weighted by molar-refractivity contribution is -0.136. The fraction of sp³-hybridized carbons (Fsp3) is 0.706. The van der Waals surface area contributed by atoms with E-state index in [1.165, 1.54) is 25.7 Å². The second-order valence-corrected chi connectivity index (χ2v) is 11.3. The monoisotopic (exact) mass is 679 g/mol. The zero-order chi connectivity index (χ0) is 34.2. The summed E-state index contributed by atoms with van der Waals surface area (Å²) in [5.41, 5.74) is 0.929. The van der Waals surface area contributed by atoms with Gasteiger partial charge in [-0.2, -0.15) is 0 Å². The van der Waals surface area contributed by atoms with E-state index in [0.29, 0.717) is 98.1 Å². The van der Waals surface area contributed by atoms with Gasteiger partial charge in [-0.3, -0.25) is 29.4 Å². The summed E-state index contributed by atoms with van der Waals surface area (Å²) in [7, 11) is 0.